The Balaban J connectivity index is 2.51. The SMILES string of the molecule is CC(CO[Si](C)(C)C)(N=Cc1c(F)c(F)c(F)c(F)c1F)c1ccccc1. The lowest BCUT2D eigenvalue weighted by Gasteiger charge is -2.29. The van der Waals surface area contributed by atoms with E-state index >= 15 is 0 Å². The molecule has 0 aliphatic carbocycles. The Kier molecular flexibility index (Phi) is 6.21. The Bertz CT molecular complexity index is 822. The van der Waals surface area contributed by atoms with Crippen molar-refractivity contribution >= 4 is 14.5 Å². The highest BCUT2D eigenvalue weighted by Crippen LogP contribution is 2.28. The van der Waals surface area contributed by atoms with Gasteiger partial charge in [0, 0.05) is 6.21 Å². The van der Waals surface area contributed by atoms with Crippen molar-refractivity contribution in [1.82, 2.24) is 0 Å². The molecule has 0 saturated heterocycles. The minimum atomic E-state index is -2.20. The summed E-state index contributed by atoms with van der Waals surface area (Å²) in [5, 5.41) is 0. The minimum absolute atomic E-state index is 0.0959. The van der Waals surface area contributed by atoms with Gasteiger partial charge in [-0.1, -0.05) is 30.3 Å². The van der Waals surface area contributed by atoms with Crippen molar-refractivity contribution in [3.63, 3.8) is 0 Å². The Morgan fingerprint density at radius 3 is 1.85 bits per heavy atom. The zero-order chi connectivity index (χ0) is 20.4. The van der Waals surface area contributed by atoms with Gasteiger partial charge >= 0.3 is 0 Å². The fourth-order valence-electron chi connectivity index (χ4n) is 2.29. The zero-order valence-electron chi connectivity index (χ0n) is 15.4. The van der Waals surface area contributed by atoms with Crippen LogP contribution >= 0.6 is 0 Å². The van der Waals surface area contributed by atoms with Crippen LogP contribution in [0.3, 0.4) is 0 Å². The first kappa shape index (κ1) is 21.2. The van der Waals surface area contributed by atoms with Crippen LogP contribution in [0.1, 0.15) is 18.1 Å². The molecule has 0 spiro atoms. The van der Waals surface area contributed by atoms with Crippen molar-refractivity contribution < 1.29 is 26.4 Å². The molecule has 0 radical (unpaired) electrons. The summed E-state index contributed by atoms with van der Waals surface area (Å²) in [6, 6.07) is 8.82. The molecule has 0 aromatic heterocycles. The molecule has 8 heteroatoms. The van der Waals surface area contributed by atoms with Gasteiger partial charge in [0.15, 0.2) is 31.6 Å². The lowest BCUT2D eigenvalue weighted by Crippen LogP contribution is -2.35. The van der Waals surface area contributed by atoms with Gasteiger partial charge in [-0.2, -0.15) is 0 Å². The van der Waals surface area contributed by atoms with Crippen LogP contribution in [0.25, 0.3) is 0 Å². The summed E-state index contributed by atoms with van der Waals surface area (Å²) < 4.78 is 73.7. The van der Waals surface area contributed by atoms with Gasteiger partial charge in [-0.05, 0) is 32.1 Å². The fourth-order valence-corrected chi connectivity index (χ4v) is 3.01. The highest BCUT2D eigenvalue weighted by molar-refractivity contribution is 6.69. The lowest BCUT2D eigenvalue weighted by molar-refractivity contribution is 0.228. The third kappa shape index (κ3) is 4.81. The number of hydrogen-bond donors (Lipinski definition) is 0. The van der Waals surface area contributed by atoms with E-state index in [-0.39, 0.29) is 6.61 Å². The maximum Gasteiger partial charge on any atom is 0.200 e. The van der Waals surface area contributed by atoms with E-state index in [1.54, 1.807) is 37.3 Å². The minimum Gasteiger partial charge on any atom is -0.415 e. The van der Waals surface area contributed by atoms with E-state index in [0.29, 0.717) is 11.8 Å². The molecule has 2 nitrogen and oxygen atoms in total. The first-order valence-corrected chi connectivity index (χ1v) is 11.6. The van der Waals surface area contributed by atoms with Gasteiger partial charge in [-0.15, -0.1) is 0 Å². The first-order chi connectivity index (χ1) is 12.5. The number of hydrogen-bond acceptors (Lipinski definition) is 2. The van der Waals surface area contributed by atoms with Gasteiger partial charge in [0.2, 0.25) is 5.82 Å². The van der Waals surface area contributed by atoms with E-state index in [0.717, 1.165) is 0 Å². The molecule has 0 fully saturated rings. The van der Waals surface area contributed by atoms with E-state index < -0.39 is 48.5 Å². The first-order valence-electron chi connectivity index (χ1n) is 8.22. The standard InChI is InChI=1S/C19H20F5NOSi/c1-19(11-26-27(2,3)4,12-8-6-5-7-9-12)25-10-13-14(20)16(22)18(24)17(23)15(13)21/h5-10H,11H2,1-4H3. The zero-order valence-corrected chi connectivity index (χ0v) is 16.4. The average molecular weight is 401 g/mol. The molecule has 0 aliphatic rings. The van der Waals surface area contributed by atoms with Crippen LogP contribution < -0.4 is 0 Å². The Labute approximate surface area is 155 Å². The van der Waals surface area contributed by atoms with Crippen LogP contribution in [0.15, 0.2) is 35.3 Å². The van der Waals surface area contributed by atoms with Gasteiger partial charge in [0.1, 0.15) is 5.54 Å². The number of rotatable bonds is 6. The van der Waals surface area contributed by atoms with Crippen molar-refractivity contribution in [2.45, 2.75) is 32.1 Å². The molecular weight excluding hydrogens is 381 g/mol. The van der Waals surface area contributed by atoms with Crippen molar-refractivity contribution in [3.8, 4) is 0 Å². The van der Waals surface area contributed by atoms with Crippen LogP contribution in [0.2, 0.25) is 19.6 Å². The van der Waals surface area contributed by atoms with E-state index in [9.17, 15) is 22.0 Å². The molecule has 0 N–H and O–H groups in total. The van der Waals surface area contributed by atoms with E-state index in [4.69, 9.17) is 4.43 Å². The molecule has 0 saturated carbocycles. The molecule has 1 unspecified atom stereocenters. The molecule has 1 atom stereocenters. The summed E-state index contributed by atoms with van der Waals surface area (Å²) in [5.41, 5.74) is -1.47. The molecule has 2 aromatic rings. The third-order valence-corrected chi connectivity index (χ3v) is 4.91. The molecular formula is C19H20F5NOSi. The maximum atomic E-state index is 13.9. The molecule has 0 aliphatic heterocycles. The predicted octanol–water partition coefficient (Wildman–Crippen LogP) is 5.57. The second-order valence-electron chi connectivity index (χ2n) is 7.28. The highest BCUT2D eigenvalue weighted by Gasteiger charge is 2.30. The molecule has 0 heterocycles. The quantitative estimate of drug-likeness (QED) is 0.204. The Hall–Kier alpha value is -2.06. The molecule has 2 rings (SSSR count). The van der Waals surface area contributed by atoms with Crippen molar-refractivity contribution in [2.24, 2.45) is 4.99 Å². The average Bonchev–Trinajstić information content (AvgIpc) is 2.63. The summed E-state index contributed by atoms with van der Waals surface area (Å²) in [6.45, 7) is 7.66. The van der Waals surface area contributed by atoms with Crippen LogP contribution in [-0.4, -0.2) is 21.1 Å². The van der Waals surface area contributed by atoms with Gasteiger partial charge in [-0.3, -0.25) is 4.99 Å². The lowest BCUT2D eigenvalue weighted by atomic mass is 9.93. The maximum absolute atomic E-state index is 13.9. The smallest absolute Gasteiger partial charge is 0.200 e. The number of benzene rings is 2. The van der Waals surface area contributed by atoms with E-state index in [1.807, 2.05) is 19.6 Å². The summed E-state index contributed by atoms with van der Waals surface area (Å²) in [5.74, 6) is -10.0. The van der Waals surface area contributed by atoms with Gasteiger partial charge in [0.25, 0.3) is 0 Å². The molecule has 146 valence electrons. The largest absolute Gasteiger partial charge is 0.415 e. The predicted molar refractivity (Wildman–Crippen MR) is 96.9 cm³/mol. The topological polar surface area (TPSA) is 21.6 Å². The summed E-state index contributed by atoms with van der Waals surface area (Å²) >= 11 is 0. The van der Waals surface area contributed by atoms with Gasteiger partial charge in [-0.25, -0.2) is 22.0 Å². The fraction of sp³-hybridized carbons (Fsp3) is 0.316. The summed E-state index contributed by atoms with van der Waals surface area (Å²) in [6.07, 6.45) is 0.677. The molecule has 0 bridgehead atoms. The second kappa shape index (κ2) is 7.90. The van der Waals surface area contributed by atoms with E-state index in [2.05, 4.69) is 4.99 Å². The van der Waals surface area contributed by atoms with Crippen molar-refractivity contribution in [1.29, 1.82) is 0 Å². The third-order valence-electron chi connectivity index (χ3n) is 3.90. The van der Waals surface area contributed by atoms with Crippen LogP contribution in [0.4, 0.5) is 22.0 Å². The molecule has 27 heavy (non-hydrogen) atoms. The molecule has 0 amide bonds. The Morgan fingerprint density at radius 1 is 0.889 bits per heavy atom. The normalized spacial score (nSPS) is 14.6. The highest BCUT2D eigenvalue weighted by atomic mass is 28.4. The van der Waals surface area contributed by atoms with Gasteiger partial charge < -0.3 is 4.43 Å². The van der Waals surface area contributed by atoms with E-state index in [1.165, 1.54) is 0 Å². The monoisotopic (exact) mass is 401 g/mol. The summed E-state index contributed by atoms with van der Waals surface area (Å²) in [4.78, 5) is 4.17. The number of aliphatic imine (C=N–C) groups is 1. The number of nitrogens with zero attached hydrogens (tertiary/aromatic N) is 1. The van der Waals surface area contributed by atoms with Crippen LogP contribution in [0, 0.1) is 29.1 Å². The summed E-state index contributed by atoms with van der Waals surface area (Å²) in [7, 11) is -1.95. The Morgan fingerprint density at radius 2 is 1.37 bits per heavy atom. The van der Waals surface area contributed by atoms with Crippen LogP contribution in [0.5, 0.6) is 0 Å². The van der Waals surface area contributed by atoms with Crippen LogP contribution in [-0.2, 0) is 9.96 Å². The van der Waals surface area contributed by atoms with Gasteiger partial charge in [0.05, 0.1) is 12.2 Å². The second-order valence-corrected chi connectivity index (χ2v) is 11.8. The van der Waals surface area contributed by atoms with Crippen molar-refractivity contribution in [2.75, 3.05) is 6.61 Å². The molecule has 2 aromatic carbocycles. The number of halogens is 5. The van der Waals surface area contributed by atoms with Crippen molar-refractivity contribution in [3.05, 3.63) is 70.5 Å².